The van der Waals surface area contributed by atoms with Gasteiger partial charge < -0.3 is 20.1 Å². The van der Waals surface area contributed by atoms with Crippen LogP contribution in [0, 0.1) is 0 Å². The van der Waals surface area contributed by atoms with Gasteiger partial charge in [0.1, 0.15) is 5.75 Å². The summed E-state index contributed by atoms with van der Waals surface area (Å²) in [6.45, 7) is 4.14. The number of hydrogen-bond acceptors (Lipinski definition) is 4. The number of nitrogens with zero attached hydrogens (tertiary/aromatic N) is 1. The largest absolute Gasteiger partial charge is 0.493 e. The second-order valence-electron chi connectivity index (χ2n) is 4.22. The summed E-state index contributed by atoms with van der Waals surface area (Å²) in [6, 6.07) is 4.12. The zero-order chi connectivity index (χ0) is 11.0. The lowest BCUT2D eigenvalue weighted by Gasteiger charge is -2.30. The van der Waals surface area contributed by atoms with E-state index in [1.165, 1.54) is 5.56 Å². The number of anilines is 2. The predicted octanol–water partition coefficient (Wildman–Crippen LogP) is 1.04. The molecule has 1 saturated heterocycles. The molecule has 0 saturated carbocycles. The molecule has 4 nitrogen and oxygen atoms in total. The molecule has 2 heterocycles. The highest BCUT2D eigenvalue weighted by atomic mass is 16.5. The molecule has 86 valence electrons. The number of hydrogen-bond donors (Lipinski definition) is 1. The highest BCUT2D eigenvalue weighted by Gasteiger charge is 2.19. The Morgan fingerprint density at radius 3 is 2.75 bits per heavy atom. The van der Waals surface area contributed by atoms with Crippen LogP contribution in [0.2, 0.25) is 0 Å². The van der Waals surface area contributed by atoms with Gasteiger partial charge in [-0.15, -0.1) is 0 Å². The Morgan fingerprint density at radius 2 is 1.94 bits per heavy atom. The van der Waals surface area contributed by atoms with Crippen LogP contribution in [0.25, 0.3) is 0 Å². The molecule has 0 amide bonds. The second-order valence-corrected chi connectivity index (χ2v) is 4.22. The van der Waals surface area contributed by atoms with E-state index < -0.39 is 0 Å². The van der Waals surface area contributed by atoms with Gasteiger partial charge in [0.15, 0.2) is 0 Å². The fraction of sp³-hybridized carbons (Fsp3) is 0.500. The fourth-order valence-corrected chi connectivity index (χ4v) is 2.31. The third kappa shape index (κ3) is 1.59. The maximum absolute atomic E-state index is 6.09. The molecule has 0 spiro atoms. The van der Waals surface area contributed by atoms with Gasteiger partial charge >= 0.3 is 0 Å². The van der Waals surface area contributed by atoms with Gasteiger partial charge in [-0.05, 0) is 11.6 Å². The molecule has 0 bridgehead atoms. The van der Waals surface area contributed by atoms with Crippen molar-refractivity contribution in [1.82, 2.24) is 0 Å². The summed E-state index contributed by atoms with van der Waals surface area (Å²) in [6.07, 6.45) is 0.975. The first-order valence-electron chi connectivity index (χ1n) is 5.72. The van der Waals surface area contributed by atoms with Crippen LogP contribution in [0.3, 0.4) is 0 Å². The molecule has 1 aromatic rings. The summed E-state index contributed by atoms with van der Waals surface area (Å²) < 4.78 is 10.9. The highest BCUT2D eigenvalue weighted by Crippen LogP contribution is 2.35. The SMILES string of the molecule is Nc1cc2c(cc1N1CCOCC1)OCC2. The van der Waals surface area contributed by atoms with Gasteiger partial charge in [-0.2, -0.15) is 0 Å². The maximum atomic E-state index is 6.09. The third-order valence-electron chi connectivity index (χ3n) is 3.19. The summed E-state index contributed by atoms with van der Waals surface area (Å²) in [5.74, 6) is 0.996. The van der Waals surface area contributed by atoms with Crippen LogP contribution >= 0.6 is 0 Å². The molecule has 1 fully saturated rings. The van der Waals surface area contributed by atoms with Crippen molar-refractivity contribution < 1.29 is 9.47 Å². The topological polar surface area (TPSA) is 47.7 Å². The lowest BCUT2D eigenvalue weighted by Crippen LogP contribution is -2.36. The van der Waals surface area contributed by atoms with E-state index in [9.17, 15) is 0 Å². The number of benzene rings is 1. The number of nitrogens with two attached hydrogens (primary N) is 1. The van der Waals surface area contributed by atoms with Crippen molar-refractivity contribution in [2.45, 2.75) is 6.42 Å². The minimum absolute atomic E-state index is 0.775. The van der Waals surface area contributed by atoms with E-state index in [0.717, 1.165) is 56.5 Å². The average Bonchev–Trinajstić information content (AvgIpc) is 2.76. The number of morpholine rings is 1. The lowest BCUT2D eigenvalue weighted by atomic mass is 10.1. The van der Waals surface area contributed by atoms with Crippen molar-refractivity contribution in [3.05, 3.63) is 17.7 Å². The first-order chi connectivity index (χ1) is 7.84. The van der Waals surface area contributed by atoms with Gasteiger partial charge in [0.2, 0.25) is 0 Å². The minimum Gasteiger partial charge on any atom is -0.493 e. The van der Waals surface area contributed by atoms with E-state index in [4.69, 9.17) is 15.2 Å². The second kappa shape index (κ2) is 3.87. The summed E-state index contributed by atoms with van der Waals surface area (Å²) in [5, 5.41) is 0. The fourth-order valence-electron chi connectivity index (χ4n) is 2.31. The molecule has 4 heteroatoms. The van der Waals surface area contributed by atoms with E-state index >= 15 is 0 Å². The van der Waals surface area contributed by atoms with Crippen LogP contribution < -0.4 is 15.4 Å². The average molecular weight is 220 g/mol. The standard InChI is InChI=1S/C12H16N2O2/c13-10-7-9-1-4-16-12(9)8-11(10)14-2-5-15-6-3-14/h7-8H,1-6,13H2. The summed E-state index contributed by atoms with van der Waals surface area (Å²) in [7, 11) is 0. The van der Waals surface area contributed by atoms with Crippen LogP contribution in [0.15, 0.2) is 12.1 Å². The van der Waals surface area contributed by atoms with E-state index in [-0.39, 0.29) is 0 Å². The first-order valence-corrected chi connectivity index (χ1v) is 5.72. The third-order valence-corrected chi connectivity index (χ3v) is 3.19. The molecule has 0 radical (unpaired) electrons. The van der Waals surface area contributed by atoms with Crippen LogP contribution in [-0.4, -0.2) is 32.9 Å². The lowest BCUT2D eigenvalue weighted by molar-refractivity contribution is 0.122. The molecular formula is C12H16N2O2. The summed E-state index contributed by atoms with van der Waals surface area (Å²) in [4.78, 5) is 2.26. The molecule has 2 aliphatic heterocycles. The van der Waals surface area contributed by atoms with Gasteiger partial charge in [0.05, 0.1) is 31.2 Å². The molecule has 0 aromatic heterocycles. The number of rotatable bonds is 1. The van der Waals surface area contributed by atoms with Gasteiger partial charge in [-0.1, -0.05) is 0 Å². The normalized spacial score (nSPS) is 19.4. The van der Waals surface area contributed by atoms with Crippen molar-refractivity contribution in [3.8, 4) is 5.75 Å². The van der Waals surface area contributed by atoms with Crippen LogP contribution in [-0.2, 0) is 11.2 Å². The van der Waals surface area contributed by atoms with Crippen molar-refractivity contribution in [2.24, 2.45) is 0 Å². The quantitative estimate of drug-likeness (QED) is 0.718. The molecule has 2 N–H and O–H groups in total. The monoisotopic (exact) mass is 220 g/mol. The molecule has 3 rings (SSSR count). The summed E-state index contributed by atoms with van der Waals surface area (Å²) >= 11 is 0. The van der Waals surface area contributed by atoms with Crippen molar-refractivity contribution in [3.63, 3.8) is 0 Å². The van der Waals surface area contributed by atoms with E-state index in [2.05, 4.69) is 11.0 Å². The van der Waals surface area contributed by atoms with Crippen molar-refractivity contribution in [2.75, 3.05) is 43.5 Å². The highest BCUT2D eigenvalue weighted by molar-refractivity contribution is 5.72. The van der Waals surface area contributed by atoms with E-state index in [1.807, 2.05) is 6.07 Å². The van der Waals surface area contributed by atoms with Crippen molar-refractivity contribution in [1.29, 1.82) is 0 Å². The predicted molar refractivity (Wildman–Crippen MR) is 63.1 cm³/mol. The van der Waals surface area contributed by atoms with Gasteiger partial charge in [0.25, 0.3) is 0 Å². The zero-order valence-electron chi connectivity index (χ0n) is 9.24. The Bertz CT molecular complexity index is 400. The van der Waals surface area contributed by atoms with Gasteiger partial charge in [-0.25, -0.2) is 0 Å². The molecule has 1 aromatic carbocycles. The maximum Gasteiger partial charge on any atom is 0.124 e. The minimum atomic E-state index is 0.775. The molecule has 0 aliphatic carbocycles. The number of ether oxygens (including phenoxy) is 2. The molecule has 2 aliphatic rings. The molecule has 0 atom stereocenters. The van der Waals surface area contributed by atoms with Crippen LogP contribution in [0.5, 0.6) is 5.75 Å². The van der Waals surface area contributed by atoms with E-state index in [0.29, 0.717) is 0 Å². The zero-order valence-corrected chi connectivity index (χ0v) is 9.24. The Labute approximate surface area is 94.9 Å². The molecule has 16 heavy (non-hydrogen) atoms. The summed E-state index contributed by atoms with van der Waals surface area (Å²) in [5.41, 5.74) is 9.26. The van der Waals surface area contributed by atoms with Gasteiger partial charge in [-0.3, -0.25) is 0 Å². The van der Waals surface area contributed by atoms with Crippen LogP contribution in [0.4, 0.5) is 11.4 Å². The number of nitrogen functional groups attached to an aromatic ring is 1. The molecule has 0 unspecified atom stereocenters. The first kappa shape index (κ1) is 9.78. The molecular weight excluding hydrogens is 204 g/mol. The van der Waals surface area contributed by atoms with Crippen LogP contribution in [0.1, 0.15) is 5.56 Å². The number of fused-ring (bicyclic) bond motifs is 1. The Hall–Kier alpha value is -1.42. The Balaban J connectivity index is 1.94. The van der Waals surface area contributed by atoms with Crippen molar-refractivity contribution >= 4 is 11.4 Å². The Kier molecular flexibility index (Phi) is 2.36. The smallest absolute Gasteiger partial charge is 0.124 e. The van der Waals surface area contributed by atoms with E-state index in [1.54, 1.807) is 0 Å². The van der Waals surface area contributed by atoms with Gasteiger partial charge in [0, 0.05) is 25.6 Å². The Morgan fingerprint density at radius 1 is 1.12 bits per heavy atom.